The number of fused-ring (bicyclic) bond motifs is 2. The summed E-state index contributed by atoms with van der Waals surface area (Å²) < 4.78 is 1.77. The summed E-state index contributed by atoms with van der Waals surface area (Å²) >= 11 is 8.15. The highest BCUT2D eigenvalue weighted by atomic mass is 35.5. The molecule has 0 amide bonds. The largest absolute Gasteiger partial charge is 0.255 e. The molecule has 0 atom stereocenters. The summed E-state index contributed by atoms with van der Waals surface area (Å²) in [6, 6.07) is 14.2. The number of aryl methyl sites for hydroxylation is 2. The van der Waals surface area contributed by atoms with Crippen LogP contribution >= 0.6 is 22.9 Å². The Hall–Kier alpha value is -2.83. The molecule has 0 radical (unpaired) electrons. The maximum atomic E-state index is 6.70. The minimum atomic E-state index is 0.658. The van der Waals surface area contributed by atoms with E-state index in [1.807, 2.05) is 37.3 Å². The van der Waals surface area contributed by atoms with Crippen LogP contribution in [0.15, 0.2) is 48.7 Å². The minimum absolute atomic E-state index is 0.658. The summed E-state index contributed by atoms with van der Waals surface area (Å²) in [6.45, 7) is 4.10. The Morgan fingerprint density at radius 3 is 2.56 bits per heavy atom. The maximum Gasteiger partial charge on any atom is 0.235 e. The fraction of sp³-hybridized carbons (Fsp3) is 0.100. The molecule has 3 heterocycles. The molecule has 5 aromatic rings. The molecule has 5 nitrogen and oxygen atoms in total. The Bertz CT molecular complexity index is 1300. The first-order valence-electron chi connectivity index (χ1n) is 8.45. The van der Waals surface area contributed by atoms with E-state index in [9.17, 15) is 0 Å². The van der Waals surface area contributed by atoms with E-state index in [-0.39, 0.29) is 0 Å². The highest BCUT2D eigenvalue weighted by Crippen LogP contribution is 2.36. The van der Waals surface area contributed by atoms with E-state index in [0.717, 1.165) is 37.6 Å². The van der Waals surface area contributed by atoms with Gasteiger partial charge in [-0.05, 0) is 26.0 Å². The number of halogens is 1. The Labute approximate surface area is 164 Å². The lowest BCUT2D eigenvalue weighted by Gasteiger charge is -2.05. The third kappa shape index (κ3) is 2.69. The van der Waals surface area contributed by atoms with Gasteiger partial charge in [0.05, 0.1) is 16.1 Å². The Morgan fingerprint density at radius 1 is 0.963 bits per heavy atom. The van der Waals surface area contributed by atoms with Gasteiger partial charge in [-0.2, -0.15) is 9.61 Å². The van der Waals surface area contributed by atoms with E-state index in [0.29, 0.717) is 10.8 Å². The van der Waals surface area contributed by atoms with Gasteiger partial charge in [-0.15, -0.1) is 10.2 Å². The number of pyridine rings is 1. The first-order valence-corrected chi connectivity index (χ1v) is 9.64. The Kier molecular flexibility index (Phi) is 3.70. The molecule has 5 rings (SSSR count). The fourth-order valence-corrected chi connectivity index (χ4v) is 4.23. The topological polar surface area (TPSA) is 56.0 Å². The van der Waals surface area contributed by atoms with E-state index in [1.54, 1.807) is 10.7 Å². The van der Waals surface area contributed by atoms with E-state index < -0.39 is 0 Å². The summed E-state index contributed by atoms with van der Waals surface area (Å²) in [7, 11) is 0. The smallest absolute Gasteiger partial charge is 0.235 e. The van der Waals surface area contributed by atoms with Gasteiger partial charge in [0.25, 0.3) is 0 Å². The zero-order valence-electron chi connectivity index (χ0n) is 14.6. The summed E-state index contributed by atoms with van der Waals surface area (Å²) in [5, 5.41) is 15.6. The van der Waals surface area contributed by atoms with Crippen molar-refractivity contribution >= 4 is 38.8 Å². The molecule has 0 saturated heterocycles. The van der Waals surface area contributed by atoms with Crippen LogP contribution in [0.2, 0.25) is 5.02 Å². The average molecular weight is 392 g/mol. The predicted molar refractivity (Wildman–Crippen MR) is 109 cm³/mol. The van der Waals surface area contributed by atoms with Crippen molar-refractivity contribution in [2.75, 3.05) is 0 Å². The molecular weight excluding hydrogens is 378 g/mol. The summed E-state index contributed by atoms with van der Waals surface area (Å²) in [5.41, 5.74) is 4.99. The molecule has 0 aliphatic carbocycles. The van der Waals surface area contributed by atoms with E-state index in [2.05, 4.69) is 34.2 Å². The molecule has 3 aromatic heterocycles. The maximum absolute atomic E-state index is 6.70. The molecule has 0 unspecified atom stereocenters. The van der Waals surface area contributed by atoms with E-state index in [4.69, 9.17) is 16.7 Å². The lowest BCUT2D eigenvalue weighted by Crippen LogP contribution is -1.92. The highest BCUT2D eigenvalue weighted by Gasteiger charge is 2.17. The fourth-order valence-electron chi connectivity index (χ4n) is 3.03. The van der Waals surface area contributed by atoms with Crippen molar-refractivity contribution in [1.82, 2.24) is 24.8 Å². The molecule has 0 N–H and O–H groups in total. The quantitative estimate of drug-likeness (QED) is 0.407. The van der Waals surface area contributed by atoms with Crippen LogP contribution in [0.1, 0.15) is 11.1 Å². The minimum Gasteiger partial charge on any atom is -0.255 e. The zero-order chi connectivity index (χ0) is 18.5. The van der Waals surface area contributed by atoms with Crippen LogP contribution in [-0.4, -0.2) is 24.8 Å². The standard InChI is InChI=1S/C20H14ClN5S/c1-11-3-6-13(7-4-11)18-23-24-20-26(18)25-19(27-20)15-10-22-16-8-5-12(2)9-14(16)17(15)21/h3-10H,1-2H3. The molecule has 7 heteroatoms. The van der Waals surface area contributed by atoms with E-state index >= 15 is 0 Å². The Morgan fingerprint density at radius 2 is 1.74 bits per heavy atom. The summed E-state index contributed by atoms with van der Waals surface area (Å²) in [6.07, 6.45) is 1.78. The molecule has 27 heavy (non-hydrogen) atoms. The SMILES string of the molecule is Cc1ccc(-c2nnc3sc(-c4cnc5ccc(C)cc5c4Cl)nn23)cc1. The molecule has 0 aliphatic rings. The Balaban J connectivity index is 1.67. The molecule has 0 aliphatic heterocycles. The molecule has 0 bridgehead atoms. The molecule has 0 spiro atoms. The molecule has 0 saturated carbocycles. The number of aromatic nitrogens is 5. The molecule has 132 valence electrons. The zero-order valence-corrected chi connectivity index (χ0v) is 16.2. The van der Waals surface area contributed by atoms with Gasteiger partial charge in [0, 0.05) is 17.1 Å². The number of benzene rings is 2. The lowest BCUT2D eigenvalue weighted by atomic mass is 10.1. The first kappa shape index (κ1) is 16.4. The van der Waals surface area contributed by atoms with Gasteiger partial charge >= 0.3 is 0 Å². The summed E-state index contributed by atoms with van der Waals surface area (Å²) in [5.74, 6) is 0.716. The van der Waals surface area contributed by atoms with Crippen LogP contribution in [0.25, 0.3) is 37.8 Å². The predicted octanol–water partition coefficient (Wildman–Crippen LogP) is 5.34. The highest BCUT2D eigenvalue weighted by molar-refractivity contribution is 7.19. The van der Waals surface area contributed by atoms with Crippen LogP contribution in [0, 0.1) is 13.8 Å². The molecule has 2 aromatic carbocycles. The second kappa shape index (κ2) is 6.11. The average Bonchev–Trinajstić information content (AvgIpc) is 3.24. The summed E-state index contributed by atoms with van der Waals surface area (Å²) in [4.78, 5) is 5.26. The first-order chi connectivity index (χ1) is 13.1. The van der Waals surface area contributed by atoms with Crippen molar-refractivity contribution in [1.29, 1.82) is 0 Å². The van der Waals surface area contributed by atoms with Gasteiger partial charge in [0.2, 0.25) is 4.96 Å². The van der Waals surface area contributed by atoms with Crippen molar-refractivity contribution < 1.29 is 0 Å². The number of hydrogen-bond acceptors (Lipinski definition) is 5. The number of nitrogens with zero attached hydrogens (tertiary/aromatic N) is 5. The van der Waals surface area contributed by atoms with Crippen molar-refractivity contribution in [3.63, 3.8) is 0 Å². The second-order valence-electron chi connectivity index (χ2n) is 6.50. The van der Waals surface area contributed by atoms with Crippen LogP contribution in [0.4, 0.5) is 0 Å². The van der Waals surface area contributed by atoms with Crippen LogP contribution < -0.4 is 0 Å². The van der Waals surface area contributed by atoms with Crippen molar-refractivity contribution in [3.8, 4) is 22.0 Å². The third-order valence-electron chi connectivity index (χ3n) is 4.49. The number of rotatable bonds is 2. The van der Waals surface area contributed by atoms with E-state index in [1.165, 1.54) is 16.9 Å². The lowest BCUT2D eigenvalue weighted by molar-refractivity contribution is 0.970. The van der Waals surface area contributed by atoms with Gasteiger partial charge in [0.1, 0.15) is 0 Å². The van der Waals surface area contributed by atoms with Crippen molar-refractivity contribution in [2.24, 2.45) is 0 Å². The van der Waals surface area contributed by atoms with Gasteiger partial charge < -0.3 is 0 Å². The van der Waals surface area contributed by atoms with Crippen LogP contribution in [-0.2, 0) is 0 Å². The van der Waals surface area contributed by atoms with Gasteiger partial charge in [0.15, 0.2) is 10.8 Å². The number of hydrogen-bond donors (Lipinski definition) is 0. The van der Waals surface area contributed by atoms with Gasteiger partial charge in [-0.1, -0.05) is 64.4 Å². The molecular formula is C20H14ClN5S. The monoisotopic (exact) mass is 391 g/mol. The molecule has 0 fully saturated rings. The third-order valence-corrected chi connectivity index (χ3v) is 5.83. The van der Waals surface area contributed by atoms with Crippen molar-refractivity contribution in [2.45, 2.75) is 13.8 Å². The van der Waals surface area contributed by atoms with Gasteiger partial charge in [-0.25, -0.2) is 0 Å². The van der Waals surface area contributed by atoms with Crippen molar-refractivity contribution in [3.05, 3.63) is 64.8 Å². The van der Waals surface area contributed by atoms with Crippen LogP contribution in [0.3, 0.4) is 0 Å². The van der Waals surface area contributed by atoms with Crippen LogP contribution in [0.5, 0.6) is 0 Å². The second-order valence-corrected chi connectivity index (χ2v) is 7.83. The normalized spacial score (nSPS) is 11.5. The van der Waals surface area contributed by atoms with Gasteiger partial charge in [-0.3, -0.25) is 4.98 Å².